The molecule has 114 valence electrons. The van der Waals surface area contributed by atoms with Gasteiger partial charge in [-0.1, -0.05) is 11.6 Å². The number of halogens is 1. The largest absolute Gasteiger partial charge is 0.495 e. The Morgan fingerprint density at radius 3 is 2.95 bits per heavy atom. The van der Waals surface area contributed by atoms with Crippen molar-refractivity contribution in [3.63, 3.8) is 0 Å². The highest BCUT2D eigenvalue weighted by Crippen LogP contribution is 2.26. The Morgan fingerprint density at radius 2 is 2.29 bits per heavy atom. The lowest BCUT2D eigenvalue weighted by Crippen LogP contribution is -2.49. The Morgan fingerprint density at radius 1 is 1.52 bits per heavy atom. The maximum absolute atomic E-state index is 12.5. The summed E-state index contributed by atoms with van der Waals surface area (Å²) < 4.78 is 10.4. The molecule has 1 atom stereocenters. The number of ether oxygens (including phenoxy) is 2. The third kappa shape index (κ3) is 3.65. The highest BCUT2D eigenvalue weighted by atomic mass is 35.5. The highest BCUT2D eigenvalue weighted by molar-refractivity contribution is 6.32. The molecule has 0 aromatic heterocycles. The Balaban J connectivity index is 2.22. The molecule has 7 heteroatoms. The van der Waals surface area contributed by atoms with E-state index in [-0.39, 0.29) is 18.9 Å². The number of benzene rings is 1. The van der Waals surface area contributed by atoms with Gasteiger partial charge in [-0.2, -0.15) is 0 Å². The molecule has 1 aromatic rings. The van der Waals surface area contributed by atoms with Gasteiger partial charge >= 0.3 is 5.97 Å². The number of carboxylic acids is 1. The Bertz CT molecular complexity index is 548. The van der Waals surface area contributed by atoms with Crippen molar-refractivity contribution in [3.05, 3.63) is 28.8 Å². The average molecular weight is 314 g/mol. The normalized spacial score (nSPS) is 18.4. The van der Waals surface area contributed by atoms with Gasteiger partial charge in [0.05, 0.1) is 37.8 Å². The first-order valence-electron chi connectivity index (χ1n) is 6.47. The van der Waals surface area contributed by atoms with Crippen LogP contribution in [0.15, 0.2) is 18.2 Å². The van der Waals surface area contributed by atoms with Gasteiger partial charge in [0.15, 0.2) is 0 Å². The molecule has 1 aromatic carbocycles. The predicted octanol–water partition coefficient (Wildman–Crippen LogP) is 1.66. The molecule has 1 heterocycles. The number of hydrogen-bond donors (Lipinski definition) is 1. The number of methoxy groups -OCH3 is 1. The lowest BCUT2D eigenvalue weighted by Gasteiger charge is -2.35. The molecule has 0 radical (unpaired) electrons. The third-order valence-corrected chi connectivity index (χ3v) is 3.61. The molecule has 1 N–H and O–H groups in total. The van der Waals surface area contributed by atoms with Gasteiger partial charge in [-0.25, -0.2) is 0 Å². The fourth-order valence-corrected chi connectivity index (χ4v) is 2.45. The predicted molar refractivity (Wildman–Crippen MR) is 75.9 cm³/mol. The van der Waals surface area contributed by atoms with Crippen LogP contribution in [0.4, 0.5) is 0 Å². The monoisotopic (exact) mass is 313 g/mol. The molecular formula is C14H16ClNO5. The van der Waals surface area contributed by atoms with Crippen LogP contribution < -0.4 is 4.74 Å². The van der Waals surface area contributed by atoms with E-state index in [1.54, 1.807) is 18.2 Å². The van der Waals surface area contributed by atoms with Gasteiger partial charge in [-0.05, 0) is 18.2 Å². The summed E-state index contributed by atoms with van der Waals surface area (Å²) in [5.74, 6) is -0.804. The maximum Gasteiger partial charge on any atom is 0.305 e. The SMILES string of the molecule is COc1cc(C(=O)N2CCOCC2CC(=O)O)ccc1Cl. The second-order valence-corrected chi connectivity index (χ2v) is 5.08. The van der Waals surface area contributed by atoms with E-state index in [0.29, 0.717) is 29.5 Å². The quantitative estimate of drug-likeness (QED) is 0.915. The van der Waals surface area contributed by atoms with Crippen LogP contribution in [-0.4, -0.2) is 54.8 Å². The maximum atomic E-state index is 12.5. The van der Waals surface area contributed by atoms with Gasteiger partial charge in [-0.3, -0.25) is 9.59 Å². The number of amides is 1. The Hall–Kier alpha value is -1.79. The van der Waals surface area contributed by atoms with Crippen LogP contribution in [-0.2, 0) is 9.53 Å². The van der Waals surface area contributed by atoms with Gasteiger partial charge in [0.2, 0.25) is 0 Å². The van der Waals surface area contributed by atoms with E-state index in [2.05, 4.69) is 0 Å². The molecule has 1 aliphatic heterocycles. The fraction of sp³-hybridized carbons (Fsp3) is 0.429. The lowest BCUT2D eigenvalue weighted by atomic mass is 10.1. The number of morpholine rings is 1. The topological polar surface area (TPSA) is 76.1 Å². The first-order valence-corrected chi connectivity index (χ1v) is 6.84. The van der Waals surface area contributed by atoms with E-state index in [4.69, 9.17) is 26.2 Å². The molecule has 1 fully saturated rings. The van der Waals surface area contributed by atoms with E-state index < -0.39 is 12.0 Å². The minimum atomic E-state index is -0.961. The van der Waals surface area contributed by atoms with Crippen LogP contribution in [0.25, 0.3) is 0 Å². The second kappa shape index (κ2) is 6.78. The molecule has 1 unspecified atom stereocenters. The van der Waals surface area contributed by atoms with Gasteiger partial charge in [-0.15, -0.1) is 0 Å². The van der Waals surface area contributed by atoms with E-state index in [0.717, 1.165) is 0 Å². The third-order valence-electron chi connectivity index (χ3n) is 3.30. The summed E-state index contributed by atoms with van der Waals surface area (Å²) in [4.78, 5) is 25.0. The molecule has 2 rings (SSSR count). The van der Waals surface area contributed by atoms with Crippen LogP contribution in [0.5, 0.6) is 5.75 Å². The van der Waals surface area contributed by atoms with Crippen molar-refractivity contribution in [2.75, 3.05) is 26.9 Å². The summed E-state index contributed by atoms with van der Waals surface area (Å²) in [5.41, 5.74) is 0.411. The lowest BCUT2D eigenvalue weighted by molar-refractivity contribution is -0.139. The molecular weight excluding hydrogens is 298 g/mol. The van der Waals surface area contributed by atoms with E-state index in [1.165, 1.54) is 12.0 Å². The number of carbonyl (C=O) groups excluding carboxylic acids is 1. The molecule has 0 bridgehead atoms. The Kier molecular flexibility index (Phi) is 5.03. The summed E-state index contributed by atoms with van der Waals surface area (Å²) in [6.07, 6.45) is -0.142. The highest BCUT2D eigenvalue weighted by Gasteiger charge is 2.30. The molecule has 6 nitrogen and oxygen atoms in total. The van der Waals surface area contributed by atoms with Crippen LogP contribution in [0.2, 0.25) is 5.02 Å². The molecule has 1 aliphatic rings. The van der Waals surface area contributed by atoms with Crippen molar-refractivity contribution in [2.45, 2.75) is 12.5 Å². The van der Waals surface area contributed by atoms with Crippen molar-refractivity contribution in [2.24, 2.45) is 0 Å². The van der Waals surface area contributed by atoms with Crippen LogP contribution in [0, 0.1) is 0 Å². The summed E-state index contributed by atoms with van der Waals surface area (Å²) in [6.45, 7) is 0.983. The molecule has 0 spiro atoms. The van der Waals surface area contributed by atoms with Crippen LogP contribution in [0.1, 0.15) is 16.8 Å². The van der Waals surface area contributed by atoms with E-state index >= 15 is 0 Å². The minimum Gasteiger partial charge on any atom is -0.495 e. The molecule has 0 aliphatic carbocycles. The van der Waals surface area contributed by atoms with Crippen molar-refractivity contribution < 1.29 is 24.2 Å². The summed E-state index contributed by atoms with van der Waals surface area (Å²) in [5, 5.41) is 9.34. The molecule has 1 amide bonds. The number of carbonyl (C=O) groups is 2. The molecule has 21 heavy (non-hydrogen) atoms. The summed E-state index contributed by atoms with van der Waals surface area (Å²) in [6, 6.07) is 4.27. The van der Waals surface area contributed by atoms with Crippen molar-refractivity contribution in [1.82, 2.24) is 4.90 Å². The van der Waals surface area contributed by atoms with Crippen LogP contribution in [0.3, 0.4) is 0 Å². The number of aliphatic carboxylic acids is 1. The van der Waals surface area contributed by atoms with E-state index in [1.807, 2.05) is 0 Å². The first kappa shape index (κ1) is 15.6. The zero-order valence-corrected chi connectivity index (χ0v) is 12.3. The van der Waals surface area contributed by atoms with Gasteiger partial charge in [0.25, 0.3) is 5.91 Å². The number of nitrogens with zero attached hydrogens (tertiary/aromatic N) is 1. The fourth-order valence-electron chi connectivity index (χ4n) is 2.25. The van der Waals surface area contributed by atoms with Crippen molar-refractivity contribution in [1.29, 1.82) is 0 Å². The van der Waals surface area contributed by atoms with Gasteiger partial charge in [0.1, 0.15) is 5.75 Å². The van der Waals surface area contributed by atoms with Crippen molar-refractivity contribution in [3.8, 4) is 5.75 Å². The second-order valence-electron chi connectivity index (χ2n) is 4.67. The number of hydrogen-bond acceptors (Lipinski definition) is 4. The standard InChI is InChI=1S/C14H16ClNO5/c1-20-12-6-9(2-3-11(12)15)14(19)16-4-5-21-8-10(16)7-13(17)18/h2-3,6,10H,4-5,7-8H2,1H3,(H,17,18). The van der Waals surface area contributed by atoms with Crippen LogP contribution >= 0.6 is 11.6 Å². The van der Waals surface area contributed by atoms with Gasteiger partial charge < -0.3 is 19.5 Å². The first-order chi connectivity index (χ1) is 10.0. The number of carboxylic acid groups (broad SMARTS) is 1. The molecule has 1 saturated heterocycles. The smallest absolute Gasteiger partial charge is 0.305 e. The zero-order chi connectivity index (χ0) is 15.4. The average Bonchev–Trinajstić information content (AvgIpc) is 2.47. The van der Waals surface area contributed by atoms with E-state index in [9.17, 15) is 9.59 Å². The summed E-state index contributed by atoms with van der Waals surface area (Å²) >= 11 is 5.94. The molecule has 0 saturated carbocycles. The number of rotatable bonds is 4. The zero-order valence-electron chi connectivity index (χ0n) is 11.5. The van der Waals surface area contributed by atoms with Crippen molar-refractivity contribution >= 4 is 23.5 Å². The van der Waals surface area contributed by atoms with Gasteiger partial charge in [0, 0.05) is 12.1 Å². The minimum absolute atomic E-state index is 0.142. The summed E-state index contributed by atoms with van der Waals surface area (Å²) in [7, 11) is 1.47. The Labute approximate surface area is 127 Å².